The Bertz CT molecular complexity index is 967. The zero-order valence-corrected chi connectivity index (χ0v) is 18.7. The van der Waals surface area contributed by atoms with E-state index in [9.17, 15) is 4.79 Å². The van der Waals surface area contributed by atoms with Gasteiger partial charge in [0.05, 0.1) is 25.3 Å². The number of amides is 1. The van der Waals surface area contributed by atoms with Crippen molar-refractivity contribution < 1.29 is 9.53 Å². The molecule has 0 saturated heterocycles. The minimum Gasteiger partial charge on any atom is -0.383 e. The molecule has 0 aliphatic heterocycles. The van der Waals surface area contributed by atoms with Gasteiger partial charge < -0.3 is 9.64 Å². The Morgan fingerprint density at radius 2 is 2.14 bits per heavy atom. The van der Waals surface area contributed by atoms with Crippen molar-refractivity contribution in [1.82, 2.24) is 24.6 Å². The van der Waals surface area contributed by atoms with Crippen LogP contribution >= 0.6 is 23.1 Å². The normalized spacial score (nSPS) is 11.0. The molecule has 9 heteroatoms. The lowest BCUT2D eigenvalue weighted by molar-refractivity contribution is -0.127. The zero-order valence-electron chi connectivity index (χ0n) is 17.1. The Kier molecular flexibility index (Phi) is 7.40. The van der Waals surface area contributed by atoms with Gasteiger partial charge in [0.15, 0.2) is 11.0 Å². The maximum Gasteiger partial charge on any atom is 0.228 e. The van der Waals surface area contributed by atoms with E-state index in [0.29, 0.717) is 25.3 Å². The molecule has 3 rings (SSSR count). The van der Waals surface area contributed by atoms with Gasteiger partial charge in [-0.3, -0.25) is 9.36 Å². The Balaban J connectivity index is 1.74. The minimum atomic E-state index is 0.0562. The smallest absolute Gasteiger partial charge is 0.228 e. The van der Waals surface area contributed by atoms with Crippen LogP contribution in [0.25, 0.3) is 11.4 Å². The van der Waals surface area contributed by atoms with Gasteiger partial charge >= 0.3 is 0 Å². The SMILES string of the molecule is COCCn1c(SCc2csc(CC(=O)N(C)C)n2)nnc1-c1cccc(C)c1. The summed E-state index contributed by atoms with van der Waals surface area (Å²) in [5.41, 5.74) is 3.17. The molecule has 2 heterocycles. The molecule has 0 fully saturated rings. The quantitative estimate of drug-likeness (QED) is 0.484. The molecule has 0 saturated carbocycles. The standard InChI is InChI=1S/C20H25N5O2S2/c1-14-6-5-7-15(10-14)19-22-23-20(25(19)8-9-27-4)29-13-16-12-28-17(21-16)11-18(26)24(2)3/h5-7,10,12H,8-9,11,13H2,1-4H3. The topological polar surface area (TPSA) is 73.1 Å². The Morgan fingerprint density at radius 1 is 1.31 bits per heavy atom. The van der Waals surface area contributed by atoms with E-state index in [-0.39, 0.29) is 5.91 Å². The van der Waals surface area contributed by atoms with Crippen molar-refractivity contribution >= 4 is 29.0 Å². The van der Waals surface area contributed by atoms with Gasteiger partial charge in [0.2, 0.25) is 5.91 Å². The van der Waals surface area contributed by atoms with Crippen molar-refractivity contribution in [2.75, 3.05) is 27.8 Å². The number of hydrogen-bond acceptors (Lipinski definition) is 7. The number of carbonyl (C=O) groups is 1. The van der Waals surface area contributed by atoms with Crippen LogP contribution in [-0.4, -0.2) is 58.4 Å². The summed E-state index contributed by atoms with van der Waals surface area (Å²) in [5, 5.41) is 12.5. The third-order valence-electron chi connectivity index (χ3n) is 4.26. The lowest BCUT2D eigenvalue weighted by atomic mass is 10.1. The number of carbonyl (C=O) groups excluding carboxylic acids is 1. The van der Waals surface area contributed by atoms with Crippen LogP contribution < -0.4 is 0 Å². The number of aromatic nitrogens is 4. The monoisotopic (exact) mass is 431 g/mol. The number of nitrogens with zero attached hydrogens (tertiary/aromatic N) is 5. The predicted octanol–water partition coefficient (Wildman–Crippen LogP) is 3.28. The molecule has 29 heavy (non-hydrogen) atoms. The maximum absolute atomic E-state index is 11.9. The molecule has 2 aromatic heterocycles. The first-order valence-corrected chi connectivity index (χ1v) is 11.1. The summed E-state index contributed by atoms with van der Waals surface area (Å²) in [6.07, 6.45) is 0.337. The molecular formula is C20H25N5O2S2. The average molecular weight is 432 g/mol. The molecule has 0 aliphatic carbocycles. The van der Waals surface area contributed by atoms with Crippen LogP contribution in [-0.2, 0) is 28.2 Å². The van der Waals surface area contributed by atoms with E-state index in [2.05, 4.69) is 38.8 Å². The van der Waals surface area contributed by atoms with Crippen molar-refractivity contribution in [3.05, 3.63) is 45.9 Å². The van der Waals surface area contributed by atoms with Crippen LogP contribution in [0.2, 0.25) is 0 Å². The van der Waals surface area contributed by atoms with E-state index in [1.807, 2.05) is 17.5 Å². The van der Waals surface area contributed by atoms with E-state index >= 15 is 0 Å². The van der Waals surface area contributed by atoms with Gasteiger partial charge in [0.25, 0.3) is 0 Å². The van der Waals surface area contributed by atoms with Gasteiger partial charge in [0, 0.05) is 37.9 Å². The number of benzene rings is 1. The number of likely N-dealkylation sites (N-methyl/N-ethyl adjacent to an activating group) is 1. The average Bonchev–Trinajstić information content (AvgIpc) is 3.31. The number of thioether (sulfide) groups is 1. The molecule has 154 valence electrons. The summed E-state index contributed by atoms with van der Waals surface area (Å²) in [6.45, 7) is 3.32. The lowest BCUT2D eigenvalue weighted by Gasteiger charge is -2.10. The van der Waals surface area contributed by atoms with E-state index in [4.69, 9.17) is 4.74 Å². The minimum absolute atomic E-state index is 0.0562. The summed E-state index contributed by atoms with van der Waals surface area (Å²) >= 11 is 3.11. The summed E-state index contributed by atoms with van der Waals surface area (Å²) in [4.78, 5) is 18.0. The number of rotatable bonds is 9. The Hall–Kier alpha value is -2.23. The molecule has 3 aromatic rings. The van der Waals surface area contributed by atoms with Crippen LogP contribution in [0, 0.1) is 6.92 Å². The van der Waals surface area contributed by atoms with E-state index in [1.54, 1.807) is 37.9 Å². The van der Waals surface area contributed by atoms with Crippen molar-refractivity contribution in [3.63, 3.8) is 0 Å². The first-order valence-electron chi connectivity index (χ1n) is 9.23. The molecular weight excluding hydrogens is 406 g/mol. The highest BCUT2D eigenvalue weighted by molar-refractivity contribution is 7.98. The lowest BCUT2D eigenvalue weighted by Crippen LogP contribution is -2.23. The first-order chi connectivity index (χ1) is 14.0. The number of hydrogen-bond donors (Lipinski definition) is 0. The number of thiazole rings is 1. The molecule has 0 spiro atoms. The Labute approximate surface area is 179 Å². The number of methoxy groups -OCH3 is 1. The molecule has 1 amide bonds. The van der Waals surface area contributed by atoms with Crippen molar-refractivity contribution in [1.29, 1.82) is 0 Å². The van der Waals surface area contributed by atoms with Crippen LogP contribution in [0.3, 0.4) is 0 Å². The van der Waals surface area contributed by atoms with Crippen molar-refractivity contribution in [2.45, 2.75) is 30.8 Å². The number of ether oxygens (including phenoxy) is 1. The fourth-order valence-corrected chi connectivity index (χ4v) is 4.45. The van der Waals surface area contributed by atoms with E-state index < -0.39 is 0 Å². The van der Waals surface area contributed by atoms with Crippen molar-refractivity contribution in [3.8, 4) is 11.4 Å². The second-order valence-corrected chi connectivity index (χ2v) is 8.69. The molecule has 7 nitrogen and oxygen atoms in total. The van der Waals surface area contributed by atoms with Crippen LogP contribution in [0.5, 0.6) is 0 Å². The predicted molar refractivity (Wildman–Crippen MR) is 116 cm³/mol. The number of aryl methyl sites for hydroxylation is 1. The Morgan fingerprint density at radius 3 is 2.86 bits per heavy atom. The van der Waals surface area contributed by atoms with Gasteiger partial charge in [-0.2, -0.15) is 0 Å². The third-order valence-corrected chi connectivity index (χ3v) is 6.16. The highest BCUT2D eigenvalue weighted by Gasteiger charge is 2.16. The molecule has 1 aromatic carbocycles. The van der Waals surface area contributed by atoms with Crippen LogP contribution in [0.15, 0.2) is 34.8 Å². The third kappa shape index (κ3) is 5.65. The molecule has 0 aliphatic rings. The molecule has 0 unspecified atom stereocenters. The van der Waals surface area contributed by atoms with E-state index in [0.717, 1.165) is 27.2 Å². The van der Waals surface area contributed by atoms with Crippen LogP contribution in [0.1, 0.15) is 16.3 Å². The second kappa shape index (κ2) is 10.00. The van der Waals surface area contributed by atoms with Gasteiger partial charge in [-0.05, 0) is 13.0 Å². The van der Waals surface area contributed by atoms with Crippen LogP contribution in [0.4, 0.5) is 0 Å². The molecule has 0 radical (unpaired) electrons. The fraction of sp³-hybridized carbons (Fsp3) is 0.400. The highest BCUT2D eigenvalue weighted by Crippen LogP contribution is 2.27. The fourth-order valence-electron chi connectivity index (χ4n) is 2.70. The molecule has 0 N–H and O–H groups in total. The van der Waals surface area contributed by atoms with Gasteiger partial charge in [-0.15, -0.1) is 21.5 Å². The van der Waals surface area contributed by atoms with Crippen molar-refractivity contribution in [2.24, 2.45) is 0 Å². The zero-order chi connectivity index (χ0) is 20.8. The summed E-state index contributed by atoms with van der Waals surface area (Å²) in [5.74, 6) is 1.57. The van der Waals surface area contributed by atoms with Gasteiger partial charge in [0.1, 0.15) is 5.01 Å². The molecule has 0 bridgehead atoms. The first kappa shape index (κ1) is 21.5. The summed E-state index contributed by atoms with van der Waals surface area (Å²) in [6, 6.07) is 8.24. The largest absolute Gasteiger partial charge is 0.383 e. The highest BCUT2D eigenvalue weighted by atomic mass is 32.2. The summed E-state index contributed by atoms with van der Waals surface area (Å²) < 4.78 is 7.36. The second-order valence-electron chi connectivity index (χ2n) is 6.81. The van der Waals surface area contributed by atoms with Gasteiger partial charge in [-0.25, -0.2) is 4.98 Å². The van der Waals surface area contributed by atoms with E-state index in [1.165, 1.54) is 16.9 Å². The maximum atomic E-state index is 11.9. The molecule has 0 atom stereocenters. The summed E-state index contributed by atoms with van der Waals surface area (Å²) in [7, 11) is 5.20. The van der Waals surface area contributed by atoms with Gasteiger partial charge in [-0.1, -0.05) is 35.5 Å².